The molecule has 2 aliphatic rings. The molecule has 4 amide bonds. The molecule has 34 heavy (non-hydrogen) atoms. The van der Waals surface area contributed by atoms with Crippen molar-refractivity contribution in [2.45, 2.75) is 59.4 Å². The smallest absolute Gasteiger partial charge is 0.335 e. The molecule has 178 valence electrons. The van der Waals surface area contributed by atoms with Gasteiger partial charge in [-0.3, -0.25) is 14.9 Å². The Morgan fingerprint density at radius 3 is 2.35 bits per heavy atom. The van der Waals surface area contributed by atoms with Crippen LogP contribution in [0.3, 0.4) is 0 Å². The number of fused-ring (bicyclic) bond motifs is 1. The Labute approximate surface area is 199 Å². The van der Waals surface area contributed by atoms with Gasteiger partial charge in [-0.2, -0.15) is 0 Å². The number of halogens is 1. The number of hydrogen-bond acceptors (Lipinski definition) is 4. The van der Waals surface area contributed by atoms with Gasteiger partial charge in [0.05, 0.1) is 5.69 Å². The summed E-state index contributed by atoms with van der Waals surface area (Å²) in [5.41, 5.74) is 3.66. The van der Waals surface area contributed by atoms with E-state index in [0.717, 1.165) is 40.2 Å². The second kappa shape index (κ2) is 8.38. The Balaban J connectivity index is 1.79. The standard InChI is InChI=1S/C27H30FN3O3/c1-7-30-23-13-22(28)18(11-20(23)17(4)14-27(30,5)6)12-21-24(32)29-26(34)31(25(21)33)19-9-15(2)8-16(3)10-19/h8-13,17H,7,14H2,1-6H3,(H,29,32,34)/b21-12-. The van der Waals surface area contributed by atoms with E-state index in [1.54, 1.807) is 18.2 Å². The molecule has 0 saturated carbocycles. The normalized spacial score (nSPS) is 21.1. The minimum atomic E-state index is -0.836. The summed E-state index contributed by atoms with van der Waals surface area (Å²) in [5, 5.41) is 2.21. The minimum absolute atomic E-state index is 0.111. The van der Waals surface area contributed by atoms with Crippen LogP contribution < -0.4 is 15.1 Å². The van der Waals surface area contributed by atoms with Crippen molar-refractivity contribution in [2.75, 3.05) is 16.3 Å². The summed E-state index contributed by atoms with van der Waals surface area (Å²) < 4.78 is 15.3. The molecule has 7 heteroatoms. The molecular weight excluding hydrogens is 433 g/mol. The number of amides is 4. The maximum Gasteiger partial charge on any atom is 0.335 e. The van der Waals surface area contributed by atoms with Crippen molar-refractivity contribution < 1.29 is 18.8 Å². The highest BCUT2D eigenvalue weighted by molar-refractivity contribution is 6.39. The molecule has 2 aliphatic heterocycles. The average Bonchev–Trinajstić information content (AvgIpc) is 2.70. The Hall–Kier alpha value is -3.48. The lowest BCUT2D eigenvalue weighted by Crippen LogP contribution is -2.54. The highest BCUT2D eigenvalue weighted by Gasteiger charge is 2.38. The fourth-order valence-corrected chi connectivity index (χ4v) is 5.36. The zero-order valence-electron chi connectivity index (χ0n) is 20.5. The van der Waals surface area contributed by atoms with Gasteiger partial charge in [0.25, 0.3) is 11.8 Å². The summed E-state index contributed by atoms with van der Waals surface area (Å²) in [5.74, 6) is -1.96. The highest BCUT2D eigenvalue weighted by Crippen LogP contribution is 2.44. The van der Waals surface area contributed by atoms with Crippen LogP contribution in [0.25, 0.3) is 6.08 Å². The number of imide groups is 2. The summed E-state index contributed by atoms with van der Waals surface area (Å²) in [6.07, 6.45) is 2.14. The number of barbiturate groups is 1. The molecule has 2 heterocycles. The number of carbonyl (C=O) groups is 3. The van der Waals surface area contributed by atoms with Crippen LogP contribution in [0.15, 0.2) is 35.9 Å². The van der Waals surface area contributed by atoms with Crippen molar-refractivity contribution >= 4 is 35.3 Å². The molecule has 0 aliphatic carbocycles. The van der Waals surface area contributed by atoms with Gasteiger partial charge in [0.15, 0.2) is 0 Å². The molecular formula is C27H30FN3O3. The molecule has 1 atom stereocenters. The fourth-order valence-electron chi connectivity index (χ4n) is 5.36. The zero-order valence-corrected chi connectivity index (χ0v) is 20.5. The van der Waals surface area contributed by atoms with E-state index in [4.69, 9.17) is 0 Å². The first-order chi connectivity index (χ1) is 15.9. The van der Waals surface area contributed by atoms with Gasteiger partial charge in [-0.25, -0.2) is 14.1 Å². The molecule has 0 radical (unpaired) electrons. The second-order valence-corrected chi connectivity index (χ2v) is 9.90. The molecule has 0 spiro atoms. The lowest BCUT2D eigenvalue weighted by Gasteiger charge is -2.47. The third-order valence-electron chi connectivity index (χ3n) is 6.69. The molecule has 1 saturated heterocycles. The zero-order chi connectivity index (χ0) is 24.9. The number of benzene rings is 2. The van der Waals surface area contributed by atoms with E-state index in [9.17, 15) is 14.4 Å². The number of nitrogens with zero attached hydrogens (tertiary/aromatic N) is 2. The molecule has 0 bridgehead atoms. The number of urea groups is 1. The predicted molar refractivity (Wildman–Crippen MR) is 131 cm³/mol. The Morgan fingerprint density at radius 2 is 1.74 bits per heavy atom. The maximum absolute atomic E-state index is 15.3. The lowest BCUT2D eigenvalue weighted by atomic mass is 9.79. The number of rotatable bonds is 3. The third kappa shape index (κ3) is 4.00. The van der Waals surface area contributed by atoms with Crippen LogP contribution in [0, 0.1) is 19.7 Å². The number of aryl methyl sites for hydroxylation is 2. The summed E-state index contributed by atoms with van der Waals surface area (Å²) in [4.78, 5) is 41.5. The Kier molecular flexibility index (Phi) is 5.84. The molecule has 1 N–H and O–H groups in total. The number of nitrogens with one attached hydrogen (secondary N) is 1. The second-order valence-electron chi connectivity index (χ2n) is 9.90. The minimum Gasteiger partial charge on any atom is -0.366 e. The van der Waals surface area contributed by atoms with E-state index >= 15 is 4.39 Å². The Morgan fingerprint density at radius 1 is 1.09 bits per heavy atom. The van der Waals surface area contributed by atoms with Crippen LogP contribution in [-0.2, 0) is 9.59 Å². The van der Waals surface area contributed by atoms with E-state index < -0.39 is 23.7 Å². The van der Waals surface area contributed by atoms with Gasteiger partial charge in [0.2, 0.25) is 0 Å². The van der Waals surface area contributed by atoms with Crippen molar-refractivity contribution in [3.63, 3.8) is 0 Å². The third-order valence-corrected chi connectivity index (χ3v) is 6.69. The van der Waals surface area contributed by atoms with E-state index in [1.165, 1.54) is 12.1 Å². The molecule has 6 nitrogen and oxygen atoms in total. The Bertz CT molecular complexity index is 1230. The van der Waals surface area contributed by atoms with Gasteiger partial charge in [0, 0.05) is 23.3 Å². The quantitative estimate of drug-likeness (QED) is 0.500. The highest BCUT2D eigenvalue weighted by atomic mass is 19.1. The van der Waals surface area contributed by atoms with Crippen LogP contribution in [0.1, 0.15) is 62.3 Å². The van der Waals surface area contributed by atoms with Crippen molar-refractivity contribution in [1.82, 2.24) is 5.32 Å². The van der Waals surface area contributed by atoms with Gasteiger partial charge < -0.3 is 4.90 Å². The summed E-state index contributed by atoms with van der Waals surface area (Å²) >= 11 is 0. The molecule has 1 unspecified atom stereocenters. The van der Waals surface area contributed by atoms with Crippen molar-refractivity contribution in [3.8, 4) is 0 Å². The number of anilines is 2. The van der Waals surface area contributed by atoms with Gasteiger partial charge >= 0.3 is 6.03 Å². The van der Waals surface area contributed by atoms with Crippen molar-refractivity contribution in [2.24, 2.45) is 0 Å². The molecule has 4 rings (SSSR count). The van der Waals surface area contributed by atoms with Gasteiger partial charge in [0.1, 0.15) is 11.4 Å². The first-order valence-corrected chi connectivity index (χ1v) is 11.5. The van der Waals surface area contributed by atoms with E-state index in [0.29, 0.717) is 5.69 Å². The number of hydrogen-bond donors (Lipinski definition) is 1. The molecule has 2 aromatic carbocycles. The fraction of sp³-hybridized carbons (Fsp3) is 0.370. The van der Waals surface area contributed by atoms with Crippen molar-refractivity contribution in [1.29, 1.82) is 0 Å². The van der Waals surface area contributed by atoms with Crippen LogP contribution in [0.4, 0.5) is 20.6 Å². The van der Waals surface area contributed by atoms with Crippen LogP contribution in [0.5, 0.6) is 0 Å². The monoisotopic (exact) mass is 463 g/mol. The first kappa shape index (κ1) is 23.7. The van der Waals surface area contributed by atoms with Gasteiger partial charge in [-0.1, -0.05) is 13.0 Å². The van der Waals surface area contributed by atoms with Gasteiger partial charge in [-0.15, -0.1) is 0 Å². The SMILES string of the molecule is CCN1c2cc(F)c(/C=C3/C(=O)NC(=O)N(c4cc(C)cc(C)c4)C3=O)cc2C(C)CC1(C)C. The molecule has 2 aromatic rings. The van der Waals surface area contributed by atoms with Gasteiger partial charge in [-0.05, 0) is 94.0 Å². The molecule has 0 aromatic heterocycles. The summed E-state index contributed by atoms with van der Waals surface area (Å²) in [7, 11) is 0. The largest absolute Gasteiger partial charge is 0.366 e. The topological polar surface area (TPSA) is 69.7 Å². The van der Waals surface area contributed by atoms with E-state index in [-0.39, 0.29) is 22.6 Å². The van der Waals surface area contributed by atoms with E-state index in [1.807, 2.05) is 26.8 Å². The van der Waals surface area contributed by atoms with E-state index in [2.05, 4.69) is 31.0 Å². The molecule has 1 fully saturated rings. The summed E-state index contributed by atoms with van der Waals surface area (Å²) in [6, 6.07) is 7.69. The lowest BCUT2D eigenvalue weighted by molar-refractivity contribution is -0.122. The van der Waals surface area contributed by atoms with Crippen LogP contribution in [-0.4, -0.2) is 29.9 Å². The predicted octanol–water partition coefficient (Wildman–Crippen LogP) is 5.22. The average molecular weight is 464 g/mol. The van der Waals surface area contributed by atoms with Crippen LogP contribution >= 0.6 is 0 Å². The summed E-state index contributed by atoms with van der Waals surface area (Å²) in [6.45, 7) is 12.9. The first-order valence-electron chi connectivity index (χ1n) is 11.5. The van der Waals surface area contributed by atoms with Crippen molar-refractivity contribution in [3.05, 3.63) is 64.0 Å². The van der Waals surface area contributed by atoms with Crippen LogP contribution in [0.2, 0.25) is 0 Å². The maximum atomic E-state index is 15.3. The number of carbonyl (C=O) groups excluding carboxylic acids is 3.